The highest BCUT2D eigenvalue weighted by atomic mass is 35.5. The Bertz CT molecular complexity index is 1130. The maximum Gasteiger partial charge on any atom is 0.284 e. The van der Waals surface area contributed by atoms with Gasteiger partial charge < -0.3 is 4.42 Å². The first-order chi connectivity index (χ1) is 12.0. The Morgan fingerprint density at radius 2 is 1.88 bits per heavy atom. The van der Waals surface area contributed by atoms with E-state index in [1.807, 2.05) is 18.2 Å². The number of hydrogen-bond donors (Lipinski definition) is 0. The first kappa shape index (κ1) is 15.6. The van der Waals surface area contributed by atoms with Crippen LogP contribution in [0.3, 0.4) is 0 Å². The fraction of sp³-hybridized carbons (Fsp3) is 0.105. The second-order valence-electron chi connectivity index (χ2n) is 5.82. The van der Waals surface area contributed by atoms with Gasteiger partial charge in [0.05, 0.1) is 12.1 Å². The number of para-hydroxylation sites is 1. The van der Waals surface area contributed by atoms with Gasteiger partial charge in [-0.1, -0.05) is 23.7 Å². The van der Waals surface area contributed by atoms with Crippen LogP contribution in [0.5, 0.6) is 0 Å². The molecule has 0 fully saturated rings. The van der Waals surface area contributed by atoms with E-state index in [2.05, 4.69) is 5.10 Å². The molecule has 0 amide bonds. The number of halogens is 1. The van der Waals surface area contributed by atoms with Crippen molar-refractivity contribution in [2.75, 3.05) is 0 Å². The molecule has 0 saturated carbocycles. The quantitative estimate of drug-likeness (QED) is 0.561. The highest BCUT2D eigenvalue weighted by molar-refractivity contribution is 6.30. The minimum atomic E-state index is -0.317. The zero-order valence-electron chi connectivity index (χ0n) is 13.3. The fourth-order valence-corrected chi connectivity index (χ4v) is 3.01. The fourth-order valence-electron chi connectivity index (χ4n) is 2.89. The van der Waals surface area contributed by atoms with E-state index in [9.17, 15) is 9.59 Å². The van der Waals surface area contributed by atoms with Gasteiger partial charge in [0.15, 0.2) is 0 Å². The van der Waals surface area contributed by atoms with Crippen LogP contribution >= 0.6 is 11.6 Å². The van der Waals surface area contributed by atoms with Crippen LogP contribution in [0, 0.1) is 0 Å². The van der Waals surface area contributed by atoms with Crippen molar-refractivity contribution in [1.82, 2.24) is 9.78 Å². The van der Waals surface area contributed by atoms with Crippen molar-refractivity contribution in [3.63, 3.8) is 0 Å². The van der Waals surface area contributed by atoms with E-state index < -0.39 is 0 Å². The molecule has 0 aliphatic carbocycles. The van der Waals surface area contributed by atoms with Crippen molar-refractivity contribution < 1.29 is 9.21 Å². The number of Topliss-reactive ketones (excluding diaryl/α,β-unsaturated/α-hetero) is 1. The predicted molar refractivity (Wildman–Crippen MR) is 95.6 cm³/mol. The molecule has 124 valence electrons. The Labute approximate surface area is 147 Å². The van der Waals surface area contributed by atoms with Crippen LogP contribution < -0.4 is 5.56 Å². The summed E-state index contributed by atoms with van der Waals surface area (Å²) in [4.78, 5) is 24.6. The van der Waals surface area contributed by atoms with Crippen molar-refractivity contribution in [3.05, 3.63) is 69.7 Å². The topological polar surface area (TPSA) is 65.1 Å². The molecule has 4 rings (SSSR count). The van der Waals surface area contributed by atoms with Gasteiger partial charge >= 0.3 is 0 Å². The lowest BCUT2D eigenvalue weighted by Gasteiger charge is -2.07. The lowest BCUT2D eigenvalue weighted by atomic mass is 10.0. The molecule has 2 aliphatic heterocycles. The summed E-state index contributed by atoms with van der Waals surface area (Å²) in [5.41, 5.74) is 1.74. The third-order valence-electron chi connectivity index (χ3n) is 3.98. The number of hydrogen-bond acceptors (Lipinski definition) is 4. The average Bonchev–Trinajstić information content (AvgIpc) is 2.93. The van der Waals surface area contributed by atoms with Crippen LogP contribution in [0.1, 0.15) is 12.7 Å². The van der Waals surface area contributed by atoms with Gasteiger partial charge in [-0.05, 0) is 43.3 Å². The van der Waals surface area contributed by atoms with Gasteiger partial charge in [-0.25, -0.2) is 0 Å². The predicted octanol–water partition coefficient (Wildman–Crippen LogP) is 3.87. The minimum absolute atomic E-state index is 0.0445. The van der Waals surface area contributed by atoms with Crippen LogP contribution in [0.4, 0.5) is 0 Å². The van der Waals surface area contributed by atoms with Gasteiger partial charge in [0.25, 0.3) is 5.56 Å². The van der Waals surface area contributed by atoms with E-state index in [0.717, 1.165) is 5.39 Å². The summed E-state index contributed by atoms with van der Waals surface area (Å²) in [5, 5.41) is 5.80. The maximum absolute atomic E-state index is 13.0. The number of aromatic nitrogens is 2. The van der Waals surface area contributed by atoms with Crippen LogP contribution in [0.2, 0.25) is 5.02 Å². The van der Waals surface area contributed by atoms with E-state index >= 15 is 0 Å². The highest BCUT2D eigenvalue weighted by Gasteiger charge is 2.25. The SMILES string of the molecule is CC(=O)Cc1oc2ccccc2c2nn(-c3ccc(Cl)cc3)c(=O)c1-2. The van der Waals surface area contributed by atoms with Crippen molar-refractivity contribution >= 4 is 28.4 Å². The normalized spacial score (nSPS) is 11.3. The molecule has 0 bridgehead atoms. The summed E-state index contributed by atoms with van der Waals surface area (Å²) in [6.07, 6.45) is 0.0445. The van der Waals surface area contributed by atoms with Gasteiger partial charge in [-0.2, -0.15) is 9.78 Å². The number of ketones is 1. The molecule has 0 saturated heterocycles. The maximum atomic E-state index is 13.0. The highest BCUT2D eigenvalue weighted by Crippen LogP contribution is 2.31. The third-order valence-corrected chi connectivity index (χ3v) is 4.23. The average molecular weight is 353 g/mol. The van der Waals surface area contributed by atoms with Crippen LogP contribution in [-0.2, 0) is 11.2 Å². The molecule has 0 unspecified atom stereocenters. The van der Waals surface area contributed by atoms with Crippen LogP contribution in [0.15, 0.2) is 57.7 Å². The van der Waals surface area contributed by atoms with Crippen LogP contribution in [0.25, 0.3) is 27.9 Å². The Hall–Kier alpha value is -2.92. The summed E-state index contributed by atoms with van der Waals surface area (Å²) in [5.74, 6) is 0.255. The zero-order valence-corrected chi connectivity index (χ0v) is 14.1. The molecule has 0 atom stereocenters. The van der Waals surface area contributed by atoms with E-state index in [4.69, 9.17) is 16.0 Å². The molecular formula is C19H13ClN2O3. The third kappa shape index (κ3) is 2.62. The van der Waals surface area contributed by atoms with Crippen molar-refractivity contribution in [3.8, 4) is 16.9 Å². The van der Waals surface area contributed by atoms with Crippen molar-refractivity contribution in [2.24, 2.45) is 0 Å². The second-order valence-corrected chi connectivity index (χ2v) is 6.25. The van der Waals surface area contributed by atoms with E-state index in [1.165, 1.54) is 11.6 Å². The number of carbonyl (C=O) groups is 1. The summed E-state index contributed by atoms with van der Waals surface area (Å²) >= 11 is 5.92. The molecule has 2 aliphatic rings. The molecule has 0 N–H and O–H groups in total. The molecule has 2 heterocycles. The Morgan fingerprint density at radius 3 is 2.60 bits per heavy atom. The molecule has 6 heteroatoms. The molecule has 2 aromatic rings. The van der Waals surface area contributed by atoms with Gasteiger partial charge in [-0.3, -0.25) is 9.59 Å². The molecular weight excluding hydrogens is 340 g/mol. The second kappa shape index (κ2) is 5.86. The van der Waals surface area contributed by atoms with Crippen molar-refractivity contribution in [2.45, 2.75) is 13.3 Å². The number of benzene rings is 2. The number of fused-ring (bicyclic) bond motifs is 3. The first-order valence-electron chi connectivity index (χ1n) is 7.73. The van der Waals surface area contributed by atoms with Gasteiger partial charge in [-0.15, -0.1) is 0 Å². The Kier molecular flexibility index (Phi) is 3.66. The monoisotopic (exact) mass is 352 g/mol. The molecule has 0 spiro atoms. The summed E-state index contributed by atoms with van der Waals surface area (Å²) in [6, 6.07) is 14.2. The minimum Gasteiger partial charge on any atom is -0.460 e. The largest absolute Gasteiger partial charge is 0.460 e. The molecule has 2 aromatic carbocycles. The Balaban J connectivity index is 2.07. The van der Waals surface area contributed by atoms with E-state index in [-0.39, 0.29) is 17.8 Å². The van der Waals surface area contributed by atoms with Crippen molar-refractivity contribution in [1.29, 1.82) is 0 Å². The summed E-state index contributed by atoms with van der Waals surface area (Å²) in [7, 11) is 0. The first-order valence-corrected chi connectivity index (χ1v) is 8.11. The zero-order chi connectivity index (χ0) is 17.6. The van der Waals surface area contributed by atoms with E-state index in [0.29, 0.717) is 33.3 Å². The molecule has 0 radical (unpaired) electrons. The molecule has 5 nitrogen and oxygen atoms in total. The van der Waals surface area contributed by atoms with Gasteiger partial charge in [0.2, 0.25) is 0 Å². The van der Waals surface area contributed by atoms with Gasteiger partial charge in [0.1, 0.15) is 28.4 Å². The standard InChI is InChI=1S/C19H13ClN2O3/c1-11(23)10-16-17-18(14-4-2-3-5-15(14)25-16)21-22(19(17)24)13-8-6-12(20)7-9-13/h2-9H,10H2,1H3. The summed E-state index contributed by atoms with van der Waals surface area (Å²) < 4.78 is 7.15. The van der Waals surface area contributed by atoms with E-state index in [1.54, 1.807) is 30.3 Å². The number of rotatable bonds is 3. The lowest BCUT2D eigenvalue weighted by Crippen LogP contribution is -2.16. The lowest BCUT2D eigenvalue weighted by molar-refractivity contribution is -0.116. The molecule has 25 heavy (non-hydrogen) atoms. The number of nitrogens with zero attached hydrogens (tertiary/aromatic N) is 2. The van der Waals surface area contributed by atoms with Crippen LogP contribution in [-0.4, -0.2) is 15.6 Å². The smallest absolute Gasteiger partial charge is 0.284 e. The number of carbonyl (C=O) groups excluding carboxylic acids is 1. The van der Waals surface area contributed by atoms with Gasteiger partial charge in [0, 0.05) is 10.4 Å². The molecule has 0 aromatic heterocycles. The Morgan fingerprint density at radius 1 is 1.16 bits per heavy atom. The summed E-state index contributed by atoms with van der Waals surface area (Å²) in [6.45, 7) is 1.46.